The van der Waals surface area contributed by atoms with Gasteiger partial charge in [0.25, 0.3) is 11.6 Å². The molecule has 0 aromatic heterocycles. The van der Waals surface area contributed by atoms with E-state index in [4.69, 9.17) is 0 Å². The molecule has 1 heterocycles. The van der Waals surface area contributed by atoms with Crippen LogP contribution in [0.15, 0.2) is 82.8 Å². The van der Waals surface area contributed by atoms with Gasteiger partial charge in [0.05, 0.1) is 22.1 Å². The third-order valence-corrected chi connectivity index (χ3v) is 7.12. The standard InChI is InChI=1S/C23H21N5O5S/c1-26(2)34(32,33)17-12-13-20-18(14-17)22(23(29)27(20)15-16-8-4-3-5-9-16)25-24-19-10-6-7-11-21(19)28(30)31/h3-14,24H,15H2,1-2H3. The zero-order chi connectivity index (χ0) is 24.5. The summed E-state index contributed by atoms with van der Waals surface area (Å²) in [5.74, 6) is -0.454. The Bertz CT molecular complexity index is 1400. The molecular formula is C23H21N5O5S. The highest BCUT2D eigenvalue weighted by Crippen LogP contribution is 2.34. The van der Waals surface area contributed by atoms with Crippen molar-refractivity contribution in [2.45, 2.75) is 11.4 Å². The number of nitrogens with zero attached hydrogens (tertiary/aromatic N) is 4. The van der Waals surface area contributed by atoms with Crippen molar-refractivity contribution in [3.05, 3.63) is 94.0 Å². The number of para-hydroxylation sites is 2. The van der Waals surface area contributed by atoms with Gasteiger partial charge >= 0.3 is 0 Å². The second-order valence-corrected chi connectivity index (χ2v) is 9.84. The number of amides is 1. The number of nitro groups is 1. The van der Waals surface area contributed by atoms with Gasteiger partial charge in [-0.3, -0.25) is 20.3 Å². The van der Waals surface area contributed by atoms with Crippen LogP contribution in [0.2, 0.25) is 0 Å². The molecule has 0 aliphatic carbocycles. The van der Waals surface area contributed by atoms with E-state index in [-0.39, 0.29) is 28.5 Å². The van der Waals surface area contributed by atoms with Crippen molar-refractivity contribution in [2.75, 3.05) is 24.4 Å². The predicted octanol–water partition coefficient (Wildman–Crippen LogP) is 3.21. The summed E-state index contributed by atoms with van der Waals surface area (Å²) in [6.07, 6.45) is 0. The van der Waals surface area contributed by atoms with Gasteiger partial charge in [-0.1, -0.05) is 42.5 Å². The van der Waals surface area contributed by atoms with Gasteiger partial charge < -0.3 is 4.90 Å². The number of nitrogens with one attached hydrogen (secondary N) is 1. The molecule has 0 unspecified atom stereocenters. The van der Waals surface area contributed by atoms with Crippen molar-refractivity contribution >= 4 is 38.7 Å². The van der Waals surface area contributed by atoms with Gasteiger partial charge in [0.2, 0.25) is 10.0 Å². The lowest BCUT2D eigenvalue weighted by Crippen LogP contribution is -2.30. The first-order chi connectivity index (χ1) is 16.2. The Balaban J connectivity index is 1.80. The molecule has 0 atom stereocenters. The van der Waals surface area contributed by atoms with Gasteiger partial charge in [-0.2, -0.15) is 5.10 Å². The summed E-state index contributed by atoms with van der Waals surface area (Å²) < 4.78 is 26.5. The van der Waals surface area contributed by atoms with Crippen molar-refractivity contribution < 1.29 is 18.1 Å². The van der Waals surface area contributed by atoms with E-state index in [2.05, 4.69) is 10.5 Å². The molecule has 1 aliphatic heterocycles. The first kappa shape index (κ1) is 23.1. The first-order valence-corrected chi connectivity index (χ1v) is 11.6. The number of anilines is 2. The average molecular weight is 480 g/mol. The maximum Gasteiger partial charge on any atom is 0.294 e. The fourth-order valence-electron chi connectivity index (χ4n) is 3.54. The van der Waals surface area contributed by atoms with Gasteiger partial charge in [-0.05, 0) is 29.8 Å². The molecule has 4 rings (SSSR count). The maximum atomic E-state index is 13.4. The Hall–Kier alpha value is -4.09. The smallest absolute Gasteiger partial charge is 0.294 e. The van der Waals surface area contributed by atoms with E-state index in [1.54, 1.807) is 12.1 Å². The molecule has 0 saturated heterocycles. The highest BCUT2D eigenvalue weighted by atomic mass is 32.2. The zero-order valence-electron chi connectivity index (χ0n) is 18.4. The molecule has 3 aromatic carbocycles. The van der Waals surface area contributed by atoms with Crippen LogP contribution in [-0.2, 0) is 21.4 Å². The predicted molar refractivity (Wildman–Crippen MR) is 128 cm³/mol. The molecule has 0 spiro atoms. The van der Waals surface area contributed by atoms with Crippen molar-refractivity contribution in [2.24, 2.45) is 5.10 Å². The Morgan fingerprint density at radius 2 is 1.71 bits per heavy atom. The van der Waals surface area contributed by atoms with Crippen LogP contribution in [0, 0.1) is 10.1 Å². The van der Waals surface area contributed by atoms with E-state index < -0.39 is 20.9 Å². The van der Waals surface area contributed by atoms with Crippen LogP contribution in [-0.4, -0.2) is 43.4 Å². The Morgan fingerprint density at radius 1 is 1.03 bits per heavy atom. The molecule has 1 N–H and O–H groups in total. The number of benzene rings is 3. The van der Waals surface area contributed by atoms with Gasteiger partial charge in [-0.15, -0.1) is 0 Å². The molecule has 11 heteroatoms. The van der Waals surface area contributed by atoms with E-state index in [9.17, 15) is 23.3 Å². The van der Waals surface area contributed by atoms with Gasteiger partial charge in [0.1, 0.15) is 5.69 Å². The zero-order valence-corrected chi connectivity index (χ0v) is 19.2. The molecule has 1 amide bonds. The molecule has 174 valence electrons. The Kier molecular flexibility index (Phi) is 6.14. The van der Waals surface area contributed by atoms with E-state index in [0.29, 0.717) is 11.3 Å². The minimum atomic E-state index is -3.76. The molecule has 1 aliphatic rings. The number of carbonyl (C=O) groups excluding carboxylic acids is 1. The average Bonchev–Trinajstić information content (AvgIpc) is 3.08. The number of hydrogen-bond acceptors (Lipinski definition) is 7. The van der Waals surface area contributed by atoms with Crippen LogP contribution in [0.3, 0.4) is 0 Å². The summed E-state index contributed by atoms with van der Waals surface area (Å²) in [5.41, 5.74) is 4.15. The van der Waals surface area contributed by atoms with E-state index >= 15 is 0 Å². The quantitative estimate of drug-likeness (QED) is 0.410. The largest absolute Gasteiger partial charge is 0.302 e. The van der Waals surface area contributed by atoms with Gasteiger partial charge in [0, 0.05) is 25.7 Å². The fraction of sp³-hybridized carbons (Fsp3) is 0.130. The fourth-order valence-corrected chi connectivity index (χ4v) is 4.47. The van der Waals surface area contributed by atoms with Crippen molar-refractivity contribution in [1.29, 1.82) is 0 Å². The second-order valence-electron chi connectivity index (χ2n) is 7.69. The summed E-state index contributed by atoms with van der Waals surface area (Å²) >= 11 is 0. The minimum absolute atomic E-state index is 0.00371. The SMILES string of the molecule is CN(C)S(=O)(=O)c1ccc2c(c1)C(=NNc1ccccc1[N+](=O)[O-])C(=O)N2Cc1ccccc1. The number of hydrazone groups is 1. The van der Waals surface area contributed by atoms with E-state index in [0.717, 1.165) is 9.87 Å². The van der Waals surface area contributed by atoms with Gasteiger partial charge in [-0.25, -0.2) is 12.7 Å². The van der Waals surface area contributed by atoms with E-state index in [1.807, 2.05) is 30.3 Å². The molecule has 0 bridgehead atoms. The van der Waals surface area contributed by atoms with Crippen LogP contribution in [0.1, 0.15) is 11.1 Å². The summed E-state index contributed by atoms with van der Waals surface area (Å²) in [5, 5.41) is 15.5. The van der Waals surface area contributed by atoms with Crippen molar-refractivity contribution in [3.8, 4) is 0 Å². The lowest BCUT2D eigenvalue weighted by atomic mass is 10.1. The number of sulfonamides is 1. The second kappa shape index (κ2) is 9.04. The summed E-state index contributed by atoms with van der Waals surface area (Å²) in [6.45, 7) is 0.247. The molecular weight excluding hydrogens is 458 g/mol. The highest BCUT2D eigenvalue weighted by molar-refractivity contribution is 7.89. The topological polar surface area (TPSA) is 125 Å². The lowest BCUT2D eigenvalue weighted by Gasteiger charge is -2.17. The third-order valence-electron chi connectivity index (χ3n) is 5.31. The first-order valence-electron chi connectivity index (χ1n) is 10.2. The number of rotatable bonds is 7. The number of fused-ring (bicyclic) bond motifs is 1. The van der Waals surface area contributed by atoms with Crippen molar-refractivity contribution in [3.63, 3.8) is 0 Å². The van der Waals surface area contributed by atoms with Crippen molar-refractivity contribution in [1.82, 2.24) is 4.31 Å². The molecule has 10 nitrogen and oxygen atoms in total. The number of carbonyl (C=O) groups is 1. The maximum absolute atomic E-state index is 13.4. The Labute approximate surface area is 196 Å². The number of hydrogen-bond donors (Lipinski definition) is 1. The summed E-state index contributed by atoms with van der Waals surface area (Å²) in [4.78, 5) is 25.6. The molecule has 0 fully saturated rings. The summed E-state index contributed by atoms with van der Waals surface area (Å²) in [7, 11) is -0.928. The molecule has 0 saturated carbocycles. The van der Waals surface area contributed by atoms with E-state index in [1.165, 1.54) is 49.3 Å². The van der Waals surface area contributed by atoms with Crippen LogP contribution in [0.4, 0.5) is 17.1 Å². The third kappa shape index (κ3) is 4.26. The Morgan fingerprint density at radius 3 is 2.38 bits per heavy atom. The molecule has 0 radical (unpaired) electrons. The lowest BCUT2D eigenvalue weighted by molar-refractivity contribution is -0.384. The number of nitro benzene ring substituents is 1. The minimum Gasteiger partial charge on any atom is -0.302 e. The molecule has 34 heavy (non-hydrogen) atoms. The normalized spacial score (nSPS) is 14.5. The highest BCUT2D eigenvalue weighted by Gasteiger charge is 2.36. The van der Waals surface area contributed by atoms with Crippen LogP contribution in [0.5, 0.6) is 0 Å². The monoisotopic (exact) mass is 479 g/mol. The van der Waals surface area contributed by atoms with Crippen LogP contribution in [0.25, 0.3) is 0 Å². The molecule has 3 aromatic rings. The summed E-state index contributed by atoms with van der Waals surface area (Å²) in [6, 6.07) is 19.6. The van der Waals surface area contributed by atoms with Gasteiger partial charge in [0.15, 0.2) is 5.71 Å². The van der Waals surface area contributed by atoms with Crippen LogP contribution < -0.4 is 10.3 Å². The van der Waals surface area contributed by atoms with Crippen LogP contribution >= 0.6 is 0 Å².